The number of benzene rings is 2. The summed E-state index contributed by atoms with van der Waals surface area (Å²) in [6, 6.07) is 16.5. The Morgan fingerprint density at radius 3 is 2.27 bits per heavy atom. The number of piperidine rings is 1. The lowest BCUT2D eigenvalue weighted by Crippen LogP contribution is -2.48. The Balaban J connectivity index is 1.33. The maximum atomic E-state index is 12.6. The molecule has 2 aromatic carbocycles. The van der Waals surface area contributed by atoms with Gasteiger partial charge in [0.2, 0.25) is 0 Å². The molecule has 0 bridgehead atoms. The largest absolute Gasteiger partial charge is 0.388 e. The van der Waals surface area contributed by atoms with Gasteiger partial charge in [0, 0.05) is 38.0 Å². The van der Waals surface area contributed by atoms with Gasteiger partial charge in [0.1, 0.15) is 5.60 Å². The minimum Gasteiger partial charge on any atom is -0.388 e. The number of likely N-dealkylation sites (tertiary alicyclic amines) is 1. The molecule has 2 heterocycles. The molecule has 5 nitrogen and oxygen atoms in total. The average molecular weight is 406 g/mol. The molecule has 4 rings (SSSR count). The molecule has 2 aliphatic rings. The maximum Gasteiger partial charge on any atom is 0.321 e. The smallest absolute Gasteiger partial charge is 0.321 e. The van der Waals surface area contributed by atoms with Crippen LogP contribution in [0.4, 0.5) is 10.5 Å². The molecule has 0 saturated carbocycles. The Morgan fingerprint density at radius 2 is 1.67 bits per heavy atom. The highest BCUT2D eigenvalue weighted by Crippen LogP contribution is 2.36. The van der Waals surface area contributed by atoms with Gasteiger partial charge in [-0.15, -0.1) is 0 Å². The fourth-order valence-corrected chi connectivity index (χ4v) is 4.06. The first-order valence-corrected chi connectivity index (χ1v) is 10.7. The molecule has 1 saturated heterocycles. The Kier molecular flexibility index (Phi) is 5.31. The van der Waals surface area contributed by atoms with Crippen LogP contribution in [0.1, 0.15) is 56.7 Å². The van der Waals surface area contributed by atoms with E-state index < -0.39 is 0 Å². The average Bonchev–Trinajstić information content (AvgIpc) is 3.13. The number of nitrogens with zero attached hydrogens (tertiary/aromatic N) is 2. The van der Waals surface area contributed by atoms with Gasteiger partial charge in [-0.25, -0.2) is 4.79 Å². The summed E-state index contributed by atoms with van der Waals surface area (Å²) in [6.45, 7) is 10.0. The molecule has 158 valence electrons. The van der Waals surface area contributed by atoms with Crippen molar-refractivity contribution in [1.29, 1.82) is 0 Å². The van der Waals surface area contributed by atoms with Crippen LogP contribution in [0.2, 0.25) is 0 Å². The van der Waals surface area contributed by atoms with Gasteiger partial charge in [0.05, 0.1) is 5.71 Å². The second-order valence-corrected chi connectivity index (χ2v) is 9.60. The first kappa shape index (κ1) is 20.5. The van der Waals surface area contributed by atoms with Crippen molar-refractivity contribution in [1.82, 2.24) is 4.90 Å². The summed E-state index contributed by atoms with van der Waals surface area (Å²) >= 11 is 0. The maximum absolute atomic E-state index is 12.6. The summed E-state index contributed by atoms with van der Waals surface area (Å²) in [6.07, 6.45) is 2.39. The second-order valence-electron chi connectivity index (χ2n) is 9.60. The van der Waals surface area contributed by atoms with Crippen molar-refractivity contribution < 1.29 is 9.63 Å². The van der Waals surface area contributed by atoms with E-state index >= 15 is 0 Å². The number of rotatable bonds is 2. The molecule has 0 radical (unpaired) electrons. The summed E-state index contributed by atoms with van der Waals surface area (Å²) in [4.78, 5) is 20.4. The first-order valence-electron chi connectivity index (χ1n) is 10.7. The summed E-state index contributed by atoms with van der Waals surface area (Å²) in [7, 11) is 0. The fourth-order valence-electron chi connectivity index (χ4n) is 4.06. The molecule has 30 heavy (non-hydrogen) atoms. The normalized spacial score (nSPS) is 18.1. The first-order chi connectivity index (χ1) is 14.2. The molecular weight excluding hydrogens is 374 g/mol. The second kappa shape index (κ2) is 7.78. The Labute approximate surface area is 179 Å². The lowest BCUT2D eigenvalue weighted by atomic mass is 9.84. The number of carbonyl (C=O) groups excluding carboxylic acids is 1. The zero-order valence-electron chi connectivity index (χ0n) is 18.4. The van der Waals surface area contributed by atoms with Gasteiger partial charge in [-0.05, 0) is 35.6 Å². The molecule has 1 fully saturated rings. The molecule has 0 aliphatic carbocycles. The number of carbonyl (C=O) groups is 1. The topological polar surface area (TPSA) is 53.9 Å². The molecule has 2 aliphatic heterocycles. The number of oxime groups is 1. The molecule has 1 spiro atoms. The standard InChI is InChI=1S/C25H31N3O2/c1-18-5-11-21(12-6-18)26-23(29)28-15-13-25(14-16-28)17-22(27-30-25)19-7-9-20(10-8-19)24(2,3)4/h5-12H,13-17H2,1-4H3,(H,26,29). The van der Waals surface area contributed by atoms with Crippen LogP contribution in [0.15, 0.2) is 53.7 Å². The van der Waals surface area contributed by atoms with E-state index in [4.69, 9.17) is 4.84 Å². The van der Waals surface area contributed by atoms with Crippen LogP contribution in [0, 0.1) is 6.92 Å². The summed E-state index contributed by atoms with van der Waals surface area (Å²) in [5.41, 5.74) is 5.31. The van der Waals surface area contributed by atoms with E-state index in [0.717, 1.165) is 36.2 Å². The van der Waals surface area contributed by atoms with Crippen LogP contribution in [0.5, 0.6) is 0 Å². The lowest BCUT2D eigenvalue weighted by Gasteiger charge is -2.37. The van der Waals surface area contributed by atoms with E-state index in [0.29, 0.717) is 13.1 Å². The SMILES string of the molecule is Cc1ccc(NC(=O)N2CCC3(CC2)CC(c2ccc(C(C)(C)C)cc2)=NO3)cc1. The number of anilines is 1. The van der Waals surface area contributed by atoms with Crippen LogP contribution >= 0.6 is 0 Å². The van der Waals surface area contributed by atoms with Crippen LogP contribution in [0.3, 0.4) is 0 Å². The predicted octanol–water partition coefficient (Wildman–Crippen LogP) is 5.48. The van der Waals surface area contributed by atoms with E-state index in [9.17, 15) is 4.79 Å². The Morgan fingerprint density at radius 1 is 1.03 bits per heavy atom. The van der Waals surface area contributed by atoms with Crippen molar-refractivity contribution in [2.24, 2.45) is 5.16 Å². The molecule has 5 heteroatoms. The minimum atomic E-state index is -0.279. The zero-order valence-corrected chi connectivity index (χ0v) is 18.4. The number of hydrogen-bond donors (Lipinski definition) is 1. The quantitative estimate of drug-likeness (QED) is 0.719. The highest BCUT2D eigenvalue weighted by atomic mass is 16.7. The fraction of sp³-hybridized carbons (Fsp3) is 0.440. The van der Waals surface area contributed by atoms with Gasteiger partial charge < -0.3 is 15.1 Å². The number of nitrogens with one attached hydrogen (secondary N) is 1. The van der Waals surface area contributed by atoms with Crippen LogP contribution in [-0.4, -0.2) is 35.3 Å². The highest BCUT2D eigenvalue weighted by Gasteiger charge is 2.43. The molecule has 2 aromatic rings. The Bertz CT molecular complexity index is 932. The summed E-state index contributed by atoms with van der Waals surface area (Å²) < 4.78 is 0. The number of hydrogen-bond acceptors (Lipinski definition) is 3. The molecule has 1 N–H and O–H groups in total. The van der Waals surface area contributed by atoms with Gasteiger partial charge in [-0.1, -0.05) is 67.9 Å². The van der Waals surface area contributed by atoms with E-state index in [-0.39, 0.29) is 17.0 Å². The highest BCUT2D eigenvalue weighted by molar-refractivity contribution is 6.01. The van der Waals surface area contributed by atoms with E-state index in [1.54, 1.807) is 0 Å². The van der Waals surface area contributed by atoms with Crippen molar-refractivity contribution in [3.05, 3.63) is 65.2 Å². The van der Waals surface area contributed by atoms with Crippen LogP contribution in [-0.2, 0) is 10.3 Å². The van der Waals surface area contributed by atoms with Crippen molar-refractivity contribution >= 4 is 17.4 Å². The lowest BCUT2D eigenvalue weighted by molar-refractivity contribution is -0.0544. The molecular formula is C25H31N3O2. The molecule has 0 atom stereocenters. The summed E-state index contributed by atoms with van der Waals surface area (Å²) in [5.74, 6) is 0. The monoisotopic (exact) mass is 405 g/mol. The van der Waals surface area contributed by atoms with Crippen molar-refractivity contribution in [3.8, 4) is 0 Å². The zero-order chi connectivity index (χ0) is 21.4. The van der Waals surface area contributed by atoms with Gasteiger partial charge >= 0.3 is 6.03 Å². The molecule has 0 aromatic heterocycles. The van der Waals surface area contributed by atoms with E-state index in [1.165, 1.54) is 11.1 Å². The van der Waals surface area contributed by atoms with Gasteiger partial charge in [0.25, 0.3) is 0 Å². The number of amides is 2. The predicted molar refractivity (Wildman–Crippen MR) is 121 cm³/mol. The summed E-state index contributed by atoms with van der Waals surface area (Å²) in [5, 5.41) is 7.41. The van der Waals surface area contributed by atoms with Crippen molar-refractivity contribution in [2.45, 2.75) is 58.0 Å². The Hall–Kier alpha value is -2.82. The van der Waals surface area contributed by atoms with Crippen molar-refractivity contribution in [3.63, 3.8) is 0 Å². The third kappa shape index (κ3) is 4.35. The van der Waals surface area contributed by atoms with E-state index in [1.807, 2.05) is 36.1 Å². The molecule has 0 unspecified atom stereocenters. The third-order valence-corrected chi connectivity index (χ3v) is 6.19. The van der Waals surface area contributed by atoms with Crippen molar-refractivity contribution in [2.75, 3.05) is 18.4 Å². The van der Waals surface area contributed by atoms with Gasteiger partial charge in [-0.3, -0.25) is 0 Å². The third-order valence-electron chi connectivity index (χ3n) is 6.19. The van der Waals surface area contributed by atoms with Crippen LogP contribution < -0.4 is 5.32 Å². The minimum absolute atomic E-state index is 0.0504. The van der Waals surface area contributed by atoms with Gasteiger partial charge in [0.15, 0.2) is 0 Å². The van der Waals surface area contributed by atoms with Gasteiger partial charge in [-0.2, -0.15) is 0 Å². The van der Waals surface area contributed by atoms with Crippen LogP contribution in [0.25, 0.3) is 0 Å². The number of urea groups is 1. The molecule has 2 amide bonds. The number of aryl methyl sites for hydroxylation is 1. The van der Waals surface area contributed by atoms with E-state index in [2.05, 4.69) is 55.5 Å².